The molecule has 3 rings (SSSR count). The molecule has 1 atom stereocenters. The van der Waals surface area contributed by atoms with E-state index in [1.54, 1.807) is 0 Å². The predicted octanol–water partition coefficient (Wildman–Crippen LogP) is 6.64. The molecule has 1 unspecified atom stereocenters. The molecule has 1 aromatic carbocycles. The Hall–Kier alpha value is -1.72. The second-order valence-electron chi connectivity index (χ2n) is 6.51. The normalized spacial score (nSPS) is 21.8. The molecule has 0 radical (unpaired) electrons. The van der Waals surface area contributed by atoms with E-state index in [4.69, 9.17) is 0 Å². The van der Waals surface area contributed by atoms with Crippen LogP contribution in [-0.2, 0) is 12.4 Å². The van der Waals surface area contributed by atoms with E-state index in [0.29, 0.717) is 6.42 Å². The third-order valence-corrected chi connectivity index (χ3v) is 4.66. The molecule has 0 nitrogen and oxygen atoms in total. The summed E-state index contributed by atoms with van der Waals surface area (Å²) in [6.07, 6.45) is -4.69. The van der Waals surface area contributed by atoms with Gasteiger partial charge in [-0.2, -0.15) is 26.3 Å². The van der Waals surface area contributed by atoms with E-state index in [-0.39, 0.29) is 11.6 Å². The lowest BCUT2D eigenvalue weighted by molar-refractivity contribution is -0.143. The number of hydrogen-bond donors (Lipinski definition) is 0. The summed E-state index contributed by atoms with van der Waals surface area (Å²) in [4.78, 5) is 0. The summed E-state index contributed by atoms with van der Waals surface area (Å²) in [6.45, 7) is 1.93. The van der Waals surface area contributed by atoms with Crippen LogP contribution in [0.1, 0.15) is 55.2 Å². The van der Waals surface area contributed by atoms with Crippen molar-refractivity contribution in [3.63, 3.8) is 0 Å². The van der Waals surface area contributed by atoms with Crippen LogP contribution in [0.15, 0.2) is 41.0 Å². The van der Waals surface area contributed by atoms with Crippen molar-refractivity contribution in [3.05, 3.63) is 57.7 Å². The summed E-state index contributed by atoms with van der Waals surface area (Å²) < 4.78 is 78.3. The Morgan fingerprint density at radius 2 is 1.50 bits per heavy atom. The number of rotatable bonds is 1. The van der Waals surface area contributed by atoms with E-state index in [1.165, 1.54) is 0 Å². The zero-order chi connectivity index (χ0) is 17.7. The molecule has 0 aliphatic heterocycles. The van der Waals surface area contributed by atoms with Crippen LogP contribution >= 0.6 is 0 Å². The van der Waals surface area contributed by atoms with E-state index < -0.39 is 29.4 Å². The molecule has 0 aromatic heterocycles. The first-order chi connectivity index (χ1) is 11.1. The quantitative estimate of drug-likeness (QED) is 0.500. The molecule has 0 amide bonds. The van der Waals surface area contributed by atoms with Crippen LogP contribution in [0.5, 0.6) is 0 Å². The largest absolute Gasteiger partial charge is 0.416 e. The zero-order valence-electron chi connectivity index (χ0n) is 13.0. The van der Waals surface area contributed by atoms with Gasteiger partial charge < -0.3 is 0 Å². The maximum Gasteiger partial charge on any atom is 0.416 e. The van der Waals surface area contributed by atoms with Crippen molar-refractivity contribution < 1.29 is 26.3 Å². The molecule has 6 heteroatoms. The molecule has 0 spiro atoms. The molecule has 2 aliphatic carbocycles. The minimum Gasteiger partial charge on any atom is -0.166 e. The van der Waals surface area contributed by atoms with Crippen LogP contribution in [-0.4, -0.2) is 0 Å². The van der Waals surface area contributed by atoms with Gasteiger partial charge in [-0.15, -0.1) is 0 Å². The van der Waals surface area contributed by atoms with Crippen molar-refractivity contribution >= 4 is 0 Å². The fraction of sp³-hybridized carbons (Fsp3) is 0.444. The average Bonchev–Trinajstić information content (AvgIpc) is 2.84. The smallest absolute Gasteiger partial charge is 0.166 e. The lowest BCUT2D eigenvalue weighted by Crippen LogP contribution is -2.15. The van der Waals surface area contributed by atoms with Gasteiger partial charge in [0.25, 0.3) is 0 Å². The lowest BCUT2D eigenvalue weighted by atomic mass is 9.79. The topological polar surface area (TPSA) is 0 Å². The van der Waals surface area contributed by atoms with Gasteiger partial charge in [0.1, 0.15) is 0 Å². The van der Waals surface area contributed by atoms with Crippen molar-refractivity contribution in [1.82, 2.24) is 0 Å². The van der Waals surface area contributed by atoms with E-state index in [1.807, 2.05) is 13.0 Å². The summed E-state index contributed by atoms with van der Waals surface area (Å²) in [5.41, 5.74) is 0.795. The van der Waals surface area contributed by atoms with Gasteiger partial charge in [-0.25, -0.2) is 0 Å². The molecule has 130 valence electrons. The van der Waals surface area contributed by atoms with Crippen molar-refractivity contribution in [2.45, 2.75) is 50.9 Å². The summed E-state index contributed by atoms with van der Waals surface area (Å²) in [5, 5.41) is 0. The monoisotopic (exact) mass is 346 g/mol. The van der Waals surface area contributed by atoms with Crippen LogP contribution in [0.25, 0.3) is 0 Å². The third-order valence-electron chi connectivity index (χ3n) is 4.66. The molecule has 0 saturated heterocycles. The van der Waals surface area contributed by atoms with Crippen LogP contribution in [0.3, 0.4) is 0 Å². The Bertz CT molecular complexity index is 686. The summed E-state index contributed by atoms with van der Waals surface area (Å²) in [6, 6.07) is 1.94. The van der Waals surface area contributed by atoms with E-state index in [2.05, 4.69) is 0 Å². The second-order valence-corrected chi connectivity index (χ2v) is 6.51. The highest BCUT2D eigenvalue weighted by Gasteiger charge is 2.38. The van der Waals surface area contributed by atoms with Crippen LogP contribution in [0.2, 0.25) is 0 Å². The van der Waals surface area contributed by atoms with Gasteiger partial charge in [0.15, 0.2) is 0 Å². The molecule has 2 aliphatic rings. The molecule has 1 aromatic rings. The van der Waals surface area contributed by atoms with Gasteiger partial charge in [0.2, 0.25) is 0 Å². The van der Waals surface area contributed by atoms with Crippen molar-refractivity contribution in [2.24, 2.45) is 0 Å². The molecule has 0 fully saturated rings. The molecular formula is C18H16F6. The van der Waals surface area contributed by atoms with E-state index in [0.717, 1.165) is 48.1 Å². The van der Waals surface area contributed by atoms with Crippen LogP contribution in [0, 0.1) is 0 Å². The highest BCUT2D eigenvalue weighted by molar-refractivity contribution is 5.48. The minimum absolute atomic E-state index is 0.107. The Balaban J connectivity index is 2.12. The Labute approximate surface area is 135 Å². The molecule has 0 bridgehead atoms. The van der Waals surface area contributed by atoms with Gasteiger partial charge >= 0.3 is 12.4 Å². The molecular weight excluding hydrogens is 330 g/mol. The Morgan fingerprint density at radius 3 is 2.04 bits per heavy atom. The second kappa shape index (κ2) is 5.67. The first kappa shape index (κ1) is 17.1. The summed E-state index contributed by atoms with van der Waals surface area (Å²) >= 11 is 0. The minimum atomic E-state index is -4.80. The first-order valence-electron chi connectivity index (χ1n) is 7.74. The fourth-order valence-corrected chi connectivity index (χ4v) is 3.64. The highest BCUT2D eigenvalue weighted by Crippen LogP contribution is 2.46. The van der Waals surface area contributed by atoms with Gasteiger partial charge in [0.05, 0.1) is 11.1 Å². The van der Waals surface area contributed by atoms with E-state index in [9.17, 15) is 26.3 Å². The SMILES string of the molecule is CC1=CC2=C(CCCC2c2cc(C(F)(F)F)cc(C(F)(F)F)c2)C1. The van der Waals surface area contributed by atoms with Gasteiger partial charge in [-0.1, -0.05) is 17.2 Å². The zero-order valence-corrected chi connectivity index (χ0v) is 13.0. The van der Waals surface area contributed by atoms with Crippen molar-refractivity contribution in [2.75, 3.05) is 0 Å². The third kappa shape index (κ3) is 3.23. The maximum absolute atomic E-state index is 13.0. The van der Waals surface area contributed by atoms with Crippen molar-refractivity contribution in [1.29, 1.82) is 0 Å². The number of benzene rings is 1. The average molecular weight is 346 g/mol. The maximum atomic E-state index is 13.0. The van der Waals surface area contributed by atoms with Gasteiger partial charge in [-0.05, 0) is 61.9 Å². The van der Waals surface area contributed by atoms with Crippen molar-refractivity contribution in [3.8, 4) is 0 Å². The fourth-order valence-electron chi connectivity index (χ4n) is 3.64. The lowest BCUT2D eigenvalue weighted by Gasteiger charge is -2.26. The Kier molecular flexibility index (Phi) is 4.04. The van der Waals surface area contributed by atoms with Crippen LogP contribution < -0.4 is 0 Å². The highest BCUT2D eigenvalue weighted by atomic mass is 19.4. The van der Waals surface area contributed by atoms with Gasteiger partial charge in [0, 0.05) is 5.92 Å². The molecule has 0 N–H and O–H groups in total. The number of alkyl halides is 6. The predicted molar refractivity (Wildman–Crippen MR) is 78.4 cm³/mol. The number of halogens is 6. The number of hydrogen-bond acceptors (Lipinski definition) is 0. The number of allylic oxidation sites excluding steroid dienone is 4. The Morgan fingerprint density at radius 1 is 0.917 bits per heavy atom. The standard InChI is InChI=1S/C18H16F6/c1-10-5-11-3-2-4-15(16(11)6-10)12-7-13(17(19,20)21)9-14(8-12)18(22,23)24/h6-9,15H,2-5H2,1H3. The summed E-state index contributed by atoms with van der Waals surface area (Å²) in [7, 11) is 0. The summed E-state index contributed by atoms with van der Waals surface area (Å²) in [5.74, 6) is -0.394. The molecule has 0 heterocycles. The van der Waals surface area contributed by atoms with E-state index >= 15 is 0 Å². The molecule has 24 heavy (non-hydrogen) atoms. The molecule has 0 saturated carbocycles. The first-order valence-corrected chi connectivity index (χ1v) is 7.74. The van der Waals surface area contributed by atoms with Crippen LogP contribution in [0.4, 0.5) is 26.3 Å². The van der Waals surface area contributed by atoms with Gasteiger partial charge in [-0.3, -0.25) is 0 Å².